The lowest BCUT2D eigenvalue weighted by molar-refractivity contribution is 2.04. The van der Waals surface area contributed by atoms with E-state index in [0.29, 0.717) is 0 Å². The van der Waals surface area contributed by atoms with Crippen molar-refractivity contribution in [3.05, 3.63) is 29.4 Å². The van der Waals surface area contributed by atoms with Gasteiger partial charge >= 0.3 is 0 Å². The van der Waals surface area contributed by atoms with Crippen LogP contribution in [0.5, 0.6) is 0 Å². The first kappa shape index (κ1) is 5.74. The summed E-state index contributed by atoms with van der Waals surface area (Å²) >= 11 is 3.10. The molecule has 0 spiro atoms. The van der Waals surface area contributed by atoms with Gasteiger partial charge in [-0.15, -0.1) is 5.73 Å². The Labute approximate surface area is 46.0 Å². The SMILES string of the molecule is C=C=C(Br)C=C. The summed E-state index contributed by atoms with van der Waals surface area (Å²) in [7, 11) is 0. The molecule has 0 nitrogen and oxygen atoms in total. The van der Waals surface area contributed by atoms with Gasteiger partial charge < -0.3 is 0 Å². The van der Waals surface area contributed by atoms with Gasteiger partial charge in [0.1, 0.15) is 0 Å². The van der Waals surface area contributed by atoms with Crippen molar-refractivity contribution in [2.45, 2.75) is 0 Å². The van der Waals surface area contributed by atoms with Gasteiger partial charge in [0.05, 0.1) is 4.48 Å². The summed E-state index contributed by atoms with van der Waals surface area (Å²) in [6.07, 6.45) is 1.63. The minimum absolute atomic E-state index is 0.808. The number of rotatable bonds is 1. The quantitative estimate of drug-likeness (QED) is 0.392. The molecule has 0 aromatic heterocycles. The van der Waals surface area contributed by atoms with Gasteiger partial charge in [0.2, 0.25) is 0 Å². The topological polar surface area (TPSA) is 0 Å². The predicted octanol–water partition coefficient (Wildman–Crippen LogP) is 2.24. The van der Waals surface area contributed by atoms with E-state index in [1.807, 2.05) is 0 Å². The molecule has 0 unspecified atom stereocenters. The Bertz CT molecular complexity index is 96.5. The van der Waals surface area contributed by atoms with Crippen LogP contribution in [-0.4, -0.2) is 0 Å². The highest BCUT2D eigenvalue weighted by molar-refractivity contribution is 9.11. The Morgan fingerprint density at radius 3 is 2.33 bits per heavy atom. The maximum absolute atomic E-state index is 3.45. The molecule has 0 aliphatic heterocycles. The molecular formula is C5H5Br. The van der Waals surface area contributed by atoms with Crippen LogP contribution in [0, 0.1) is 0 Å². The monoisotopic (exact) mass is 144 g/mol. The molecule has 0 heterocycles. The molecule has 0 rings (SSSR count). The largest absolute Gasteiger partial charge is 0.113 e. The van der Waals surface area contributed by atoms with E-state index in [1.165, 1.54) is 0 Å². The number of halogens is 1. The lowest BCUT2D eigenvalue weighted by Gasteiger charge is -1.69. The molecule has 0 saturated heterocycles. The Kier molecular flexibility index (Phi) is 2.82. The van der Waals surface area contributed by atoms with Crippen LogP contribution in [0.4, 0.5) is 0 Å². The molecule has 0 bridgehead atoms. The van der Waals surface area contributed by atoms with Crippen LogP contribution in [0.2, 0.25) is 0 Å². The standard InChI is InChI=1S/C5H5Br/c1-3-5(6)4-2/h3H,1-2H2. The molecule has 0 aliphatic carbocycles. The van der Waals surface area contributed by atoms with Gasteiger partial charge in [-0.25, -0.2) is 0 Å². The predicted molar refractivity (Wildman–Crippen MR) is 31.8 cm³/mol. The minimum atomic E-state index is 0.808. The molecule has 0 aliphatic rings. The lowest BCUT2D eigenvalue weighted by atomic mass is 10.6. The zero-order valence-electron chi connectivity index (χ0n) is 3.37. The van der Waals surface area contributed by atoms with Gasteiger partial charge in [0.15, 0.2) is 0 Å². The van der Waals surface area contributed by atoms with E-state index in [-0.39, 0.29) is 0 Å². The third-order valence-electron chi connectivity index (χ3n) is 0.348. The number of hydrogen-bond donors (Lipinski definition) is 0. The number of hydrogen-bond acceptors (Lipinski definition) is 0. The van der Waals surface area contributed by atoms with Gasteiger partial charge in [-0.05, 0) is 22.0 Å². The van der Waals surface area contributed by atoms with Gasteiger partial charge in [-0.2, -0.15) is 0 Å². The van der Waals surface area contributed by atoms with E-state index in [4.69, 9.17) is 0 Å². The molecule has 0 N–H and O–H groups in total. The highest BCUT2D eigenvalue weighted by Gasteiger charge is 1.67. The molecular weight excluding hydrogens is 140 g/mol. The molecule has 0 saturated carbocycles. The highest BCUT2D eigenvalue weighted by atomic mass is 79.9. The molecule has 0 aromatic rings. The fourth-order valence-electron chi connectivity index (χ4n) is 0.0722. The van der Waals surface area contributed by atoms with Crippen LogP contribution in [0.3, 0.4) is 0 Å². The third kappa shape index (κ3) is 2.01. The first-order chi connectivity index (χ1) is 2.81. The van der Waals surface area contributed by atoms with Gasteiger partial charge in [-0.1, -0.05) is 13.2 Å². The summed E-state index contributed by atoms with van der Waals surface area (Å²) in [4.78, 5) is 0. The summed E-state index contributed by atoms with van der Waals surface area (Å²) in [5.74, 6) is 0. The van der Waals surface area contributed by atoms with Crippen LogP contribution in [0.15, 0.2) is 29.4 Å². The van der Waals surface area contributed by atoms with Crippen LogP contribution in [0.25, 0.3) is 0 Å². The summed E-state index contributed by atoms with van der Waals surface area (Å²) in [6, 6.07) is 0. The Morgan fingerprint density at radius 2 is 2.33 bits per heavy atom. The smallest absolute Gasteiger partial charge is 0.0581 e. The van der Waals surface area contributed by atoms with Crippen molar-refractivity contribution in [2.75, 3.05) is 0 Å². The van der Waals surface area contributed by atoms with Crippen LogP contribution in [0.1, 0.15) is 0 Å². The third-order valence-corrected chi connectivity index (χ3v) is 0.952. The Morgan fingerprint density at radius 1 is 1.83 bits per heavy atom. The minimum Gasteiger partial charge on any atom is -0.113 e. The Hall–Kier alpha value is -0.260. The highest BCUT2D eigenvalue weighted by Crippen LogP contribution is 1.99. The van der Waals surface area contributed by atoms with Crippen molar-refractivity contribution >= 4 is 15.9 Å². The molecule has 6 heavy (non-hydrogen) atoms. The molecule has 1 heteroatoms. The van der Waals surface area contributed by atoms with E-state index in [0.717, 1.165) is 4.48 Å². The van der Waals surface area contributed by atoms with Gasteiger partial charge in [-0.3, -0.25) is 0 Å². The van der Waals surface area contributed by atoms with Crippen molar-refractivity contribution < 1.29 is 0 Å². The van der Waals surface area contributed by atoms with Crippen molar-refractivity contribution in [1.29, 1.82) is 0 Å². The average Bonchev–Trinajstić information content (AvgIpc) is 1.65. The van der Waals surface area contributed by atoms with Crippen molar-refractivity contribution in [1.82, 2.24) is 0 Å². The molecule has 0 fully saturated rings. The summed E-state index contributed by atoms with van der Waals surface area (Å²) in [6.45, 7) is 6.80. The van der Waals surface area contributed by atoms with Crippen molar-refractivity contribution in [3.63, 3.8) is 0 Å². The first-order valence-corrected chi connectivity index (χ1v) is 2.28. The maximum atomic E-state index is 3.45. The zero-order chi connectivity index (χ0) is 4.99. The number of allylic oxidation sites excluding steroid dienone is 2. The first-order valence-electron chi connectivity index (χ1n) is 1.49. The van der Waals surface area contributed by atoms with Crippen LogP contribution < -0.4 is 0 Å². The van der Waals surface area contributed by atoms with Gasteiger partial charge in [0.25, 0.3) is 0 Å². The molecule has 0 amide bonds. The maximum Gasteiger partial charge on any atom is 0.0581 e. The van der Waals surface area contributed by atoms with E-state index in [9.17, 15) is 0 Å². The summed E-state index contributed by atoms with van der Waals surface area (Å²) < 4.78 is 0.808. The summed E-state index contributed by atoms with van der Waals surface area (Å²) in [5, 5.41) is 0. The molecule has 0 atom stereocenters. The second-order valence-corrected chi connectivity index (χ2v) is 1.58. The van der Waals surface area contributed by atoms with E-state index in [2.05, 4.69) is 34.8 Å². The van der Waals surface area contributed by atoms with Crippen molar-refractivity contribution in [3.8, 4) is 0 Å². The average molecular weight is 145 g/mol. The molecule has 0 aromatic carbocycles. The van der Waals surface area contributed by atoms with Crippen LogP contribution in [-0.2, 0) is 0 Å². The molecule has 32 valence electrons. The molecule has 0 radical (unpaired) electrons. The fourth-order valence-corrected chi connectivity index (χ4v) is 0.0722. The van der Waals surface area contributed by atoms with Crippen molar-refractivity contribution in [2.24, 2.45) is 0 Å². The normalized spacial score (nSPS) is 6.17. The lowest BCUT2D eigenvalue weighted by Crippen LogP contribution is -1.44. The van der Waals surface area contributed by atoms with E-state index < -0.39 is 0 Å². The second-order valence-electron chi connectivity index (χ2n) is 0.729. The van der Waals surface area contributed by atoms with E-state index in [1.54, 1.807) is 6.08 Å². The Balaban J connectivity index is 3.86. The van der Waals surface area contributed by atoms with E-state index >= 15 is 0 Å². The van der Waals surface area contributed by atoms with Gasteiger partial charge in [0, 0.05) is 0 Å². The fraction of sp³-hybridized carbons (Fsp3) is 0. The summed E-state index contributed by atoms with van der Waals surface area (Å²) in [5.41, 5.74) is 2.58. The zero-order valence-corrected chi connectivity index (χ0v) is 4.96. The van der Waals surface area contributed by atoms with Crippen LogP contribution >= 0.6 is 15.9 Å². The second kappa shape index (κ2) is 2.95.